The number of aliphatic carboxylic acids is 1. The second-order valence-electron chi connectivity index (χ2n) is 10.00. The summed E-state index contributed by atoms with van der Waals surface area (Å²) in [6.45, 7) is 2.67. The predicted molar refractivity (Wildman–Crippen MR) is 138 cm³/mol. The molecule has 0 aromatic heterocycles. The number of urea groups is 1. The van der Waals surface area contributed by atoms with Gasteiger partial charge in [-0.3, -0.25) is 9.59 Å². The van der Waals surface area contributed by atoms with Gasteiger partial charge in [-0.2, -0.15) is 0 Å². The number of rotatable bonds is 6. The molecule has 2 aromatic rings. The van der Waals surface area contributed by atoms with Crippen LogP contribution in [-0.4, -0.2) is 88.9 Å². The fourth-order valence-corrected chi connectivity index (χ4v) is 5.52. The maximum absolute atomic E-state index is 13.3. The molecule has 2 N–H and O–H groups in total. The number of amides is 4. The fourth-order valence-electron chi connectivity index (χ4n) is 5.52. The van der Waals surface area contributed by atoms with Crippen molar-refractivity contribution in [3.63, 3.8) is 0 Å². The number of likely N-dealkylation sites (tertiary alicyclic amines) is 1. The van der Waals surface area contributed by atoms with Crippen LogP contribution >= 0.6 is 0 Å². The Morgan fingerprint density at radius 1 is 0.895 bits per heavy atom. The van der Waals surface area contributed by atoms with Crippen LogP contribution in [0, 0.1) is 11.8 Å². The molecule has 5 rings (SSSR count). The second-order valence-corrected chi connectivity index (χ2v) is 10.00. The van der Waals surface area contributed by atoms with Gasteiger partial charge < -0.3 is 25.0 Å². The lowest BCUT2D eigenvalue weighted by Crippen LogP contribution is -2.69. The standard InChI is InChI=1S/C28H32N4O6/c33-25(21-8-4-5-9-23(21)38-20-6-2-1-3-7-20)30-14-16-31(17-15-30)28(37)32-24(27(35)36)22(26(32)34)18-19-10-12-29-13-11-19/h1-9,19,22,24,29H,10-18H2,(H,35,36)/t22-,24+/m1/s1. The Morgan fingerprint density at radius 2 is 1.53 bits per heavy atom. The number of para-hydroxylation sites is 2. The van der Waals surface area contributed by atoms with Gasteiger partial charge in [-0.1, -0.05) is 30.3 Å². The predicted octanol–water partition coefficient (Wildman–Crippen LogP) is 2.66. The SMILES string of the molecule is O=C(O)[C@@H]1[C@@H](CC2CCNCC2)C(=O)N1C(=O)N1CCN(C(=O)c2ccccc2Oc2ccccc2)CC1. The van der Waals surface area contributed by atoms with Crippen molar-refractivity contribution < 1.29 is 29.0 Å². The third-order valence-corrected chi connectivity index (χ3v) is 7.64. The van der Waals surface area contributed by atoms with Gasteiger partial charge in [0.05, 0.1) is 11.5 Å². The van der Waals surface area contributed by atoms with Gasteiger partial charge in [0.15, 0.2) is 6.04 Å². The fraction of sp³-hybridized carbons (Fsp3) is 0.429. The molecule has 10 heteroatoms. The number of ether oxygens (including phenoxy) is 1. The summed E-state index contributed by atoms with van der Waals surface area (Å²) in [5.74, 6) is -1.09. The zero-order valence-corrected chi connectivity index (χ0v) is 21.1. The highest BCUT2D eigenvalue weighted by atomic mass is 16.5. The highest BCUT2D eigenvalue weighted by Gasteiger charge is 2.56. The summed E-state index contributed by atoms with van der Waals surface area (Å²) in [4.78, 5) is 55.4. The molecule has 3 aliphatic heterocycles. The number of carbonyl (C=O) groups is 4. The molecule has 10 nitrogen and oxygen atoms in total. The highest BCUT2D eigenvalue weighted by molar-refractivity contribution is 6.07. The lowest BCUT2D eigenvalue weighted by molar-refractivity contribution is -0.167. The molecule has 0 bridgehead atoms. The number of nitrogens with one attached hydrogen (secondary N) is 1. The number of carboxylic acid groups (broad SMARTS) is 1. The van der Waals surface area contributed by atoms with E-state index in [-0.39, 0.29) is 38.0 Å². The minimum atomic E-state index is -1.15. The third-order valence-electron chi connectivity index (χ3n) is 7.64. The first-order valence-electron chi connectivity index (χ1n) is 13.1. The molecule has 4 amide bonds. The van der Waals surface area contributed by atoms with E-state index in [0.29, 0.717) is 23.5 Å². The first kappa shape index (κ1) is 25.7. The number of β-lactam (4-membered cyclic amide) rings is 1. The van der Waals surface area contributed by atoms with E-state index in [4.69, 9.17) is 4.74 Å². The van der Waals surface area contributed by atoms with Crippen LogP contribution in [-0.2, 0) is 9.59 Å². The Morgan fingerprint density at radius 3 is 2.21 bits per heavy atom. The van der Waals surface area contributed by atoms with Gasteiger partial charge in [0.2, 0.25) is 5.91 Å². The van der Waals surface area contributed by atoms with Gasteiger partial charge in [-0.05, 0) is 62.5 Å². The van der Waals surface area contributed by atoms with Crippen LogP contribution < -0.4 is 10.1 Å². The Labute approximate surface area is 221 Å². The van der Waals surface area contributed by atoms with Crippen LogP contribution in [0.25, 0.3) is 0 Å². The number of carbonyl (C=O) groups excluding carboxylic acids is 3. The molecule has 0 aliphatic carbocycles. The van der Waals surface area contributed by atoms with Gasteiger partial charge >= 0.3 is 12.0 Å². The first-order valence-corrected chi connectivity index (χ1v) is 13.1. The molecule has 3 fully saturated rings. The lowest BCUT2D eigenvalue weighted by atomic mass is 9.78. The summed E-state index contributed by atoms with van der Waals surface area (Å²) in [6.07, 6.45) is 2.30. The zero-order chi connectivity index (χ0) is 26.6. The Bertz CT molecular complexity index is 1190. The topological polar surface area (TPSA) is 119 Å². The van der Waals surface area contributed by atoms with Crippen LogP contribution in [0.2, 0.25) is 0 Å². The summed E-state index contributed by atoms with van der Waals surface area (Å²) in [6, 6.07) is 14.5. The average Bonchev–Trinajstić information content (AvgIpc) is 2.95. The van der Waals surface area contributed by atoms with Crippen LogP contribution in [0.1, 0.15) is 29.6 Å². The number of nitrogens with zero attached hydrogens (tertiary/aromatic N) is 3. The van der Waals surface area contributed by atoms with E-state index in [1.165, 1.54) is 4.90 Å². The van der Waals surface area contributed by atoms with E-state index in [9.17, 15) is 24.3 Å². The maximum Gasteiger partial charge on any atom is 0.327 e. The average molecular weight is 521 g/mol. The lowest BCUT2D eigenvalue weighted by Gasteiger charge is -2.47. The Hall–Kier alpha value is -3.92. The van der Waals surface area contributed by atoms with E-state index in [1.807, 2.05) is 30.3 Å². The normalized spacial score (nSPS) is 22.1. The van der Waals surface area contributed by atoms with Crippen molar-refractivity contribution in [1.29, 1.82) is 0 Å². The van der Waals surface area contributed by atoms with Crippen molar-refractivity contribution in [3.05, 3.63) is 60.2 Å². The number of benzene rings is 2. The molecule has 0 radical (unpaired) electrons. The van der Waals surface area contributed by atoms with Crippen molar-refractivity contribution in [2.75, 3.05) is 39.3 Å². The van der Waals surface area contributed by atoms with Crippen LogP contribution in [0.15, 0.2) is 54.6 Å². The molecule has 38 heavy (non-hydrogen) atoms. The molecule has 0 saturated carbocycles. The molecular weight excluding hydrogens is 488 g/mol. The van der Waals surface area contributed by atoms with E-state index in [1.54, 1.807) is 29.2 Å². The van der Waals surface area contributed by atoms with Gasteiger partial charge in [0.1, 0.15) is 11.5 Å². The number of imide groups is 1. The van der Waals surface area contributed by atoms with Gasteiger partial charge in [0, 0.05) is 26.2 Å². The van der Waals surface area contributed by atoms with Crippen LogP contribution in [0.5, 0.6) is 11.5 Å². The van der Waals surface area contributed by atoms with Crippen molar-refractivity contribution in [3.8, 4) is 11.5 Å². The highest BCUT2D eigenvalue weighted by Crippen LogP contribution is 2.36. The molecule has 2 aromatic carbocycles. The molecule has 0 unspecified atom stereocenters. The Kier molecular flexibility index (Phi) is 7.59. The summed E-state index contributed by atoms with van der Waals surface area (Å²) in [5, 5.41) is 13.1. The van der Waals surface area contributed by atoms with E-state index in [0.717, 1.165) is 30.8 Å². The van der Waals surface area contributed by atoms with Crippen molar-refractivity contribution in [2.45, 2.75) is 25.3 Å². The number of carboxylic acids is 1. The van der Waals surface area contributed by atoms with E-state index in [2.05, 4.69) is 5.32 Å². The zero-order valence-electron chi connectivity index (χ0n) is 21.1. The summed E-state index contributed by atoms with van der Waals surface area (Å²) in [7, 11) is 0. The largest absolute Gasteiger partial charge is 0.480 e. The van der Waals surface area contributed by atoms with E-state index < -0.39 is 29.9 Å². The quantitative estimate of drug-likeness (QED) is 0.562. The van der Waals surface area contributed by atoms with Gasteiger partial charge in [-0.15, -0.1) is 0 Å². The molecule has 2 atom stereocenters. The monoisotopic (exact) mass is 520 g/mol. The van der Waals surface area contributed by atoms with Crippen molar-refractivity contribution >= 4 is 23.8 Å². The number of piperidine rings is 1. The Balaban J connectivity index is 1.20. The minimum Gasteiger partial charge on any atom is -0.480 e. The van der Waals surface area contributed by atoms with Crippen LogP contribution in [0.3, 0.4) is 0 Å². The molecule has 0 spiro atoms. The first-order chi connectivity index (χ1) is 18.4. The van der Waals surface area contributed by atoms with Gasteiger partial charge in [0.25, 0.3) is 5.91 Å². The summed E-state index contributed by atoms with van der Waals surface area (Å²) < 4.78 is 5.93. The third kappa shape index (κ3) is 5.22. The molecule has 200 valence electrons. The number of hydrogen-bond acceptors (Lipinski definition) is 6. The second kappa shape index (κ2) is 11.2. The molecule has 3 saturated heterocycles. The molecule has 3 aliphatic rings. The summed E-state index contributed by atoms with van der Waals surface area (Å²) >= 11 is 0. The van der Waals surface area contributed by atoms with Crippen LogP contribution in [0.4, 0.5) is 4.79 Å². The minimum absolute atomic E-state index is 0.210. The number of piperazine rings is 1. The van der Waals surface area contributed by atoms with E-state index >= 15 is 0 Å². The van der Waals surface area contributed by atoms with Gasteiger partial charge in [-0.25, -0.2) is 14.5 Å². The van der Waals surface area contributed by atoms with Crippen molar-refractivity contribution in [1.82, 2.24) is 20.0 Å². The molecule has 3 heterocycles. The molecular formula is C28H32N4O6. The maximum atomic E-state index is 13.3. The number of hydrogen-bond donors (Lipinski definition) is 2. The smallest absolute Gasteiger partial charge is 0.327 e. The van der Waals surface area contributed by atoms with Crippen molar-refractivity contribution in [2.24, 2.45) is 11.8 Å². The summed E-state index contributed by atoms with van der Waals surface area (Å²) in [5.41, 5.74) is 0.417.